The SMILES string of the molecule is FC(F)(F)Sc1ccc(OCc2csc(C3CCNCC3)n2)cc1. The summed E-state index contributed by atoms with van der Waals surface area (Å²) in [7, 11) is 0. The van der Waals surface area contributed by atoms with Crippen LogP contribution in [0.15, 0.2) is 34.5 Å². The lowest BCUT2D eigenvalue weighted by Crippen LogP contribution is -2.26. The van der Waals surface area contributed by atoms with E-state index in [0.29, 0.717) is 18.3 Å². The number of thioether (sulfide) groups is 1. The van der Waals surface area contributed by atoms with Crippen molar-refractivity contribution in [3.05, 3.63) is 40.3 Å². The molecule has 3 rings (SSSR count). The van der Waals surface area contributed by atoms with Gasteiger partial charge in [0.25, 0.3) is 0 Å². The van der Waals surface area contributed by atoms with E-state index in [1.165, 1.54) is 12.1 Å². The normalized spacial score (nSPS) is 16.3. The molecule has 1 fully saturated rings. The van der Waals surface area contributed by atoms with Gasteiger partial charge in [0.2, 0.25) is 0 Å². The minimum atomic E-state index is -4.27. The van der Waals surface area contributed by atoms with Crippen molar-refractivity contribution in [3.63, 3.8) is 0 Å². The summed E-state index contributed by atoms with van der Waals surface area (Å²) in [4.78, 5) is 4.78. The smallest absolute Gasteiger partial charge is 0.446 e. The first-order valence-electron chi connectivity index (χ1n) is 7.63. The fraction of sp³-hybridized carbons (Fsp3) is 0.438. The molecule has 2 aromatic rings. The number of thiazole rings is 1. The fourth-order valence-electron chi connectivity index (χ4n) is 2.54. The molecule has 2 heterocycles. The van der Waals surface area contributed by atoms with Crippen LogP contribution in [0.1, 0.15) is 29.5 Å². The molecule has 24 heavy (non-hydrogen) atoms. The highest BCUT2D eigenvalue weighted by Crippen LogP contribution is 2.37. The van der Waals surface area contributed by atoms with Crippen LogP contribution in [0.5, 0.6) is 5.75 Å². The first-order chi connectivity index (χ1) is 11.5. The summed E-state index contributed by atoms with van der Waals surface area (Å²) in [6, 6.07) is 5.92. The van der Waals surface area contributed by atoms with Crippen molar-refractivity contribution in [1.82, 2.24) is 10.3 Å². The highest BCUT2D eigenvalue weighted by Gasteiger charge is 2.29. The summed E-state index contributed by atoms with van der Waals surface area (Å²) in [6.45, 7) is 2.38. The monoisotopic (exact) mass is 374 g/mol. The predicted octanol–water partition coefficient (Wildman–Crippen LogP) is 4.80. The van der Waals surface area contributed by atoms with Crippen LogP contribution in [0.25, 0.3) is 0 Å². The van der Waals surface area contributed by atoms with Gasteiger partial charge in [-0.3, -0.25) is 0 Å². The third kappa shape index (κ3) is 5.12. The summed E-state index contributed by atoms with van der Waals surface area (Å²) in [5.41, 5.74) is -3.41. The van der Waals surface area contributed by atoms with Crippen molar-refractivity contribution in [2.24, 2.45) is 0 Å². The molecule has 0 atom stereocenters. The molecule has 0 unspecified atom stereocenters. The van der Waals surface area contributed by atoms with Gasteiger partial charge >= 0.3 is 5.51 Å². The molecule has 0 amide bonds. The molecule has 0 radical (unpaired) electrons. The van der Waals surface area contributed by atoms with Gasteiger partial charge in [0.1, 0.15) is 12.4 Å². The molecule has 0 aliphatic carbocycles. The van der Waals surface area contributed by atoms with Gasteiger partial charge in [-0.25, -0.2) is 4.98 Å². The number of alkyl halides is 3. The minimum absolute atomic E-state index is 0.128. The lowest BCUT2D eigenvalue weighted by Gasteiger charge is -2.20. The lowest BCUT2D eigenvalue weighted by molar-refractivity contribution is -0.0328. The summed E-state index contributed by atoms with van der Waals surface area (Å²) in [5, 5.41) is 6.47. The van der Waals surface area contributed by atoms with Gasteiger partial charge in [-0.2, -0.15) is 13.2 Å². The fourth-order valence-corrected chi connectivity index (χ4v) is 4.06. The molecule has 0 spiro atoms. The number of piperidine rings is 1. The first kappa shape index (κ1) is 17.6. The van der Waals surface area contributed by atoms with E-state index in [-0.39, 0.29) is 16.7 Å². The van der Waals surface area contributed by atoms with Crippen LogP contribution in [-0.2, 0) is 6.61 Å². The number of hydrogen-bond acceptors (Lipinski definition) is 5. The second kappa shape index (κ2) is 7.76. The van der Waals surface area contributed by atoms with Crippen molar-refractivity contribution in [2.75, 3.05) is 13.1 Å². The van der Waals surface area contributed by atoms with E-state index < -0.39 is 5.51 Å². The standard InChI is InChI=1S/C16H17F3N2OS2/c17-16(18,19)24-14-3-1-13(2-4-14)22-9-12-10-23-15(21-12)11-5-7-20-8-6-11/h1-4,10-11,20H,5-9H2. The summed E-state index contributed by atoms with van der Waals surface area (Å²) < 4.78 is 42.5. The number of hydrogen-bond donors (Lipinski definition) is 1. The second-order valence-corrected chi connectivity index (χ2v) is 7.54. The van der Waals surface area contributed by atoms with Gasteiger partial charge in [-0.1, -0.05) is 0 Å². The van der Waals surface area contributed by atoms with E-state index in [0.717, 1.165) is 36.6 Å². The van der Waals surface area contributed by atoms with E-state index in [2.05, 4.69) is 10.3 Å². The van der Waals surface area contributed by atoms with Crippen LogP contribution in [-0.4, -0.2) is 23.6 Å². The van der Waals surface area contributed by atoms with Gasteiger partial charge in [-0.15, -0.1) is 11.3 Å². The quantitative estimate of drug-likeness (QED) is 0.763. The third-order valence-electron chi connectivity index (χ3n) is 3.70. The lowest BCUT2D eigenvalue weighted by atomic mass is 9.99. The van der Waals surface area contributed by atoms with Crippen LogP contribution < -0.4 is 10.1 Å². The molecule has 1 aromatic heterocycles. The highest BCUT2D eigenvalue weighted by atomic mass is 32.2. The van der Waals surface area contributed by atoms with Gasteiger partial charge in [-0.05, 0) is 62.0 Å². The van der Waals surface area contributed by atoms with Crippen molar-refractivity contribution in [2.45, 2.75) is 35.8 Å². The van der Waals surface area contributed by atoms with E-state index in [1.807, 2.05) is 5.38 Å². The average molecular weight is 374 g/mol. The number of ether oxygens (including phenoxy) is 1. The Morgan fingerprint density at radius 1 is 1.21 bits per heavy atom. The highest BCUT2D eigenvalue weighted by molar-refractivity contribution is 8.00. The average Bonchev–Trinajstić information content (AvgIpc) is 3.03. The van der Waals surface area contributed by atoms with E-state index in [4.69, 9.17) is 4.74 Å². The maximum atomic E-state index is 12.3. The van der Waals surface area contributed by atoms with Crippen molar-refractivity contribution < 1.29 is 17.9 Å². The van der Waals surface area contributed by atoms with Gasteiger partial charge in [0.05, 0.1) is 10.7 Å². The van der Waals surface area contributed by atoms with Crippen LogP contribution in [0.2, 0.25) is 0 Å². The zero-order chi connectivity index (χ0) is 17.0. The van der Waals surface area contributed by atoms with Crippen LogP contribution in [0.3, 0.4) is 0 Å². The van der Waals surface area contributed by atoms with Crippen LogP contribution in [0, 0.1) is 0 Å². The van der Waals surface area contributed by atoms with E-state index in [1.54, 1.807) is 23.5 Å². The minimum Gasteiger partial charge on any atom is -0.487 e. The number of benzene rings is 1. The molecule has 1 aliphatic rings. The third-order valence-corrected chi connectivity index (χ3v) is 5.50. The van der Waals surface area contributed by atoms with E-state index >= 15 is 0 Å². The molecule has 0 saturated carbocycles. The van der Waals surface area contributed by atoms with Crippen molar-refractivity contribution in [1.29, 1.82) is 0 Å². The van der Waals surface area contributed by atoms with Gasteiger partial charge in [0.15, 0.2) is 0 Å². The molecule has 8 heteroatoms. The summed E-state index contributed by atoms with van der Waals surface area (Å²) >= 11 is 1.52. The number of halogens is 3. The van der Waals surface area contributed by atoms with Crippen LogP contribution >= 0.6 is 23.1 Å². The Morgan fingerprint density at radius 3 is 2.58 bits per heavy atom. The zero-order valence-electron chi connectivity index (χ0n) is 12.8. The molecule has 1 saturated heterocycles. The second-order valence-electron chi connectivity index (χ2n) is 5.51. The van der Waals surface area contributed by atoms with Crippen molar-refractivity contribution in [3.8, 4) is 5.75 Å². The molecule has 1 aliphatic heterocycles. The number of nitrogens with one attached hydrogen (secondary N) is 1. The summed E-state index contributed by atoms with van der Waals surface area (Å²) in [5.74, 6) is 1.06. The Balaban J connectivity index is 1.53. The molecule has 1 aromatic carbocycles. The summed E-state index contributed by atoms with van der Waals surface area (Å²) in [6.07, 6.45) is 2.21. The molecular weight excluding hydrogens is 357 g/mol. The Labute approximate surface area is 146 Å². The number of nitrogens with zero attached hydrogens (tertiary/aromatic N) is 1. The number of rotatable bonds is 5. The Bertz CT molecular complexity index is 652. The molecule has 1 N–H and O–H groups in total. The first-order valence-corrected chi connectivity index (χ1v) is 9.33. The largest absolute Gasteiger partial charge is 0.487 e. The van der Waals surface area contributed by atoms with Gasteiger partial charge in [0, 0.05) is 16.2 Å². The number of aromatic nitrogens is 1. The molecule has 130 valence electrons. The predicted molar refractivity (Wildman–Crippen MR) is 89.6 cm³/mol. The molecular formula is C16H17F3N2OS2. The topological polar surface area (TPSA) is 34.1 Å². The van der Waals surface area contributed by atoms with Crippen LogP contribution in [0.4, 0.5) is 13.2 Å². The molecule has 3 nitrogen and oxygen atoms in total. The Morgan fingerprint density at radius 2 is 1.92 bits per heavy atom. The van der Waals surface area contributed by atoms with E-state index in [9.17, 15) is 13.2 Å². The maximum Gasteiger partial charge on any atom is 0.446 e. The molecule has 0 bridgehead atoms. The Hall–Kier alpha value is -1.25. The maximum absolute atomic E-state index is 12.3. The van der Waals surface area contributed by atoms with Crippen molar-refractivity contribution >= 4 is 23.1 Å². The van der Waals surface area contributed by atoms with Gasteiger partial charge < -0.3 is 10.1 Å². The Kier molecular flexibility index (Phi) is 5.68. The zero-order valence-corrected chi connectivity index (χ0v) is 14.4.